The van der Waals surface area contributed by atoms with Crippen molar-refractivity contribution in [2.24, 2.45) is 0 Å². The van der Waals surface area contributed by atoms with Gasteiger partial charge in [-0.1, -0.05) is 23.7 Å². The molecule has 1 atom stereocenters. The van der Waals surface area contributed by atoms with E-state index >= 15 is 0 Å². The molecule has 0 unspecified atom stereocenters. The van der Waals surface area contributed by atoms with Gasteiger partial charge in [-0.3, -0.25) is 14.5 Å². The van der Waals surface area contributed by atoms with E-state index in [1.54, 1.807) is 55.6 Å². The number of anilines is 2. The first kappa shape index (κ1) is 22.4. The van der Waals surface area contributed by atoms with E-state index in [0.29, 0.717) is 27.6 Å². The van der Waals surface area contributed by atoms with Crippen molar-refractivity contribution in [3.63, 3.8) is 0 Å². The van der Waals surface area contributed by atoms with Gasteiger partial charge >= 0.3 is 0 Å². The lowest BCUT2D eigenvalue weighted by atomic mass is 9.95. The first-order valence-corrected chi connectivity index (χ1v) is 10.7. The molecule has 168 valence electrons. The number of methoxy groups -OCH3 is 1. The second-order valence-corrected chi connectivity index (χ2v) is 8.30. The van der Waals surface area contributed by atoms with E-state index in [1.807, 2.05) is 43.3 Å². The lowest BCUT2D eigenvalue weighted by Crippen LogP contribution is -2.29. The molecule has 1 aliphatic heterocycles. The van der Waals surface area contributed by atoms with Gasteiger partial charge < -0.3 is 14.7 Å². The maximum Gasteiger partial charge on any atom is 0.300 e. The van der Waals surface area contributed by atoms with Crippen LogP contribution in [0.4, 0.5) is 11.4 Å². The number of nitrogens with zero attached hydrogens (tertiary/aromatic N) is 2. The van der Waals surface area contributed by atoms with Gasteiger partial charge in [0.25, 0.3) is 11.7 Å². The van der Waals surface area contributed by atoms with Crippen LogP contribution in [0, 0.1) is 0 Å². The summed E-state index contributed by atoms with van der Waals surface area (Å²) in [6, 6.07) is 20.1. The second kappa shape index (κ2) is 9.00. The van der Waals surface area contributed by atoms with Crippen LogP contribution in [0.1, 0.15) is 17.2 Å². The molecule has 7 heteroatoms. The topological polar surface area (TPSA) is 70.1 Å². The van der Waals surface area contributed by atoms with Gasteiger partial charge in [0, 0.05) is 36.1 Å². The maximum absolute atomic E-state index is 13.2. The molecule has 3 aromatic carbocycles. The number of benzene rings is 3. The number of hydrogen-bond donors (Lipinski definition) is 1. The molecule has 0 spiro atoms. The molecule has 1 heterocycles. The highest BCUT2D eigenvalue weighted by Crippen LogP contribution is 2.42. The summed E-state index contributed by atoms with van der Waals surface area (Å²) in [5.41, 5.74) is 2.62. The molecular formula is C26H23ClN2O4. The molecule has 0 aliphatic carbocycles. The van der Waals surface area contributed by atoms with Crippen molar-refractivity contribution >= 4 is 40.4 Å². The van der Waals surface area contributed by atoms with Crippen molar-refractivity contribution in [2.45, 2.75) is 6.04 Å². The molecule has 4 rings (SSSR count). The van der Waals surface area contributed by atoms with Gasteiger partial charge in [0.15, 0.2) is 0 Å². The highest BCUT2D eigenvalue weighted by Gasteiger charge is 2.47. The summed E-state index contributed by atoms with van der Waals surface area (Å²) >= 11 is 5.98. The SMILES string of the molecule is COc1ccc(N2C(=O)C(=O)C(=C(O)c3ccc(Cl)cc3)[C@@H]2c2ccc(N(C)C)cc2)cc1. The lowest BCUT2D eigenvalue weighted by Gasteiger charge is -2.26. The van der Waals surface area contributed by atoms with Crippen LogP contribution in [0.15, 0.2) is 78.4 Å². The van der Waals surface area contributed by atoms with Crippen LogP contribution in [0.3, 0.4) is 0 Å². The fourth-order valence-corrected chi connectivity index (χ4v) is 4.00. The Morgan fingerprint density at radius 3 is 2.09 bits per heavy atom. The number of aliphatic hydroxyl groups is 1. The molecule has 1 saturated heterocycles. The number of Topliss-reactive ketones (excluding diaryl/α,β-unsaturated/α-hetero) is 1. The molecule has 6 nitrogen and oxygen atoms in total. The summed E-state index contributed by atoms with van der Waals surface area (Å²) in [6.45, 7) is 0. The van der Waals surface area contributed by atoms with E-state index in [0.717, 1.165) is 5.69 Å². The highest BCUT2D eigenvalue weighted by molar-refractivity contribution is 6.51. The molecule has 0 aromatic heterocycles. The molecule has 0 saturated carbocycles. The van der Waals surface area contributed by atoms with Crippen LogP contribution in [-0.4, -0.2) is 38.0 Å². The van der Waals surface area contributed by atoms with E-state index in [9.17, 15) is 14.7 Å². The molecule has 1 amide bonds. The third kappa shape index (κ3) is 4.17. The second-order valence-electron chi connectivity index (χ2n) is 7.86. The van der Waals surface area contributed by atoms with Crippen molar-refractivity contribution in [3.05, 3.63) is 94.5 Å². The van der Waals surface area contributed by atoms with Gasteiger partial charge in [-0.05, 0) is 66.2 Å². The van der Waals surface area contributed by atoms with Crippen molar-refractivity contribution in [1.82, 2.24) is 0 Å². The lowest BCUT2D eigenvalue weighted by molar-refractivity contribution is -0.132. The minimum absolute atomic E-state index is 0.0238. The van der Waals surface area contributed by atoms with Crippen LogP contribution in [0.5, 0.6) is 5.75 Å². The van der Waals surface area contributed by atoms with Crippen LogP contribution in [0.25, 0.3) is 5.76 Å². The van der Waals surface area contributed by atoms with Crippen LogP contribution >= 0.6 is 11.6 Å². The Labute approximate surface area is 197 Å². The average Bonchev–Trinajstić information content (AvgIpc) is 3.09. The minimum Gasteiger partial charge on any atom is -0.507 e. The first-order chi connectivity index (χ1) is 15.8. The Morgan fingerprint density at radius 2 is 1.55 bits per heavy atom. The van der Waals surface area contributed by atoms with E-state index in [-0.39, 0.29) is 11.3 Å². The average molecular weight is 463 g/mol. The zero-order valence-electron chi connectivity index (χ0n) is 18.4. The standard InChI is InChI=1S/C26H23ClN2O4/c1-28(2)19-10-6-16(7-11-19)23-22(24(30)17-4-8-18(27)9-5-17)25(31)26(32)29(23)20-12-14-21(33-3)15-13-20/h4-15,23,30H,1-3H3/t23-/m0/s1. The molecule has 1 fully saturated rings. The highest BCUT2D eigenvalue weighted by atomic mass is 35.5. The quantitative estimate of drug-likeness (QED) is 0.327. The summed E-state index contributed by atoms with van der Waals surface area (Å²) in [6.07, 6.45) is 0. The Balaban J connectivity index is 1.90. The Morgan fingerprint density at radius 1 is 0.939 bits per heavy atom. The molecule has 3 aromatic rings. The summed E-state index contributed by atoms with van der Waals surface area (Å²) < 4.78 is 5.22. The number of hydrogen-bond acceptors (Lipinski definition) is 5. The Kier molecular flexibility index (Phi) is 6.11. The molecule has 1 aliphatic rings. The number of rotatable bonds is 5. The van der Waals surface area contributed by atoms with Crippen molar-refractivity contribution in [1.29, 1.82) is 0 Å². The molecule has 33 heavy (non-hydrogen) atoms. The molecule has 1 N–H and O–H groups in total. The summed E-state index contributed by atoms with van der Waals surface area (Å²) in [5, 5.41) is 11.6. The van der Waals surface area contributed by atoms with Crippen molar-refractivity contribution in [2.75, 3.05) is 31.0 Å². The number of aliphatic hydroxyl groups excluding tert-OH is 1. The van der Waals surface area contributed by atoms with Gasteiger partial charge in [-0.2, -0.15) is 0 Å². The van der Waals surface area contributed by atoms with Gasteiger partial charge in [-0.25, -0.2) is 0 Å². The summed E-state index contributed by atoms with van der Waals surface area (Å²) in [5.74, 6) is -1.08. The number of halogens is 1. The van der Waals surface area contributed by atoms with E-state index in [2.05, 4.69) is 0 Å². The fraction of sp³-hybridized carbons (Fsp3) is 0.154. The Bertz CT molecular complexity index is 1220. The van der Waals surface area contributed by atoms with E-state index in [4.69, 9.17) is 16.3 Å². The third-order valence-corrected chi connectivity index (χ3v) is 5.89. The van der Waals surface area contributed by atoms with Crippen molar-refractivity contribution < 1.29 is 19.4 Å². The predicted octanol–water partition coefficient (Wildman–Crippen LogP) is 5.04. The number of carbonyl (C=O) groups excluding carboxylic acids is 2. The first-order valence-electron chi connectivity index (χ1n) is 10.3. The zero-order chi connectivity index (χ0) is 23.7. The van der Waals surface area contributed by atoms with Crippen LogP contribution in [0.2, 0.25) is 5.02 Å². The van der Waals surface area contributed by atoms with E-state index in [1.165, 1.54) is 4.90 Å². The zero-order valence-corrected chi connectivity index (χ0v) is 19.2. The number of carbonyl (C=O) groups is 2. The van der Waals surface area contributed by atoms with Crippen LogP contribution < -0.4 is 14.5 Å². The predicted molar refractivity (Wildman–Crippen MR) is 130 cm³/mol. The smallest absolute Gasteiger partial charge is 0.300 e. The Hall–Kier alpha value is -3.77. The summed E-state index contributed by atoms with van der Waals surface area (Å²) in [4.78, 5) is 29.7. The van der Waals surface area contributed by atoms with Crippen molar-refractivity contribution in [3.8, 4) is 5.75 Å². The largest absolute Gasteiger partial charge is 0.507 e. The van der Waals surface area contributed by atoms with Crippen LogP contribution in [-0.2, 0) is 9.59 Å². The third-order valence-electron chi connectivity index (χ3n) is 5.64. The fourth-order valence-electron chi connectivity index (χ4n) is 3.88. The van der Waals surface area contributed by atoms with Gasteiger partial charge in [0.2, 0.25) is 0 Å². The summed E-state index contributed by atoms with van der Waals surface area (Å²) in [7, 11) is 5.41. The molecule has 0 radical (unpaired) electrons. The number of ketones is 1. The molecule has 0 bridgehead atoms. The molecular weight excluding hydrogens is 440 g/mol. The minimum atomic E-state index is -0.801. The normalized spacial score (nSPS) is 17.3. The number of amides is 1. The monoisotopic (exact) mass is 462 g/mol. The van der Waals surface area contributed by atoms with Gasteiger partial charge in [-0.15, -0.1) is 0 Å². The van der Waals surface area contributed by atoms with Gasteiger partial charge in [0.1, 0.15) is 11.5 Å². The maximum atomic E-state index is 13.2. The number of ether oxygens (including phenoxy) is 1. The van der Waals surface area contributed by atoms with Gasteiger partial charge in [0.05, 0.1) is 18.7 Å². The van der Waals surface area contributed by atoms with E-state index < -0.39 is 17.7 Å².